The van der Waals surface area contributed by atoms with Gasteiger partial charge in [0.15, 0.2) is 5.92 Å². The predicted molar refractivity (Wildman–Crippen MR) is 59.4 cm³/mol. The molecule has 192 valence electrons. The second-order valence-corrected chi connectivity index (χ2v) is 6.39. The van der Waals surface area contributed by atoms with E-state index in [9.17, 15) is 83.4 Å². The van der Waals surface area contributed by atoms with Crippen LogP contribution in [0.5, 0.6) is 0 Å². The fourth-order valence-corrected chi connectivity index (χ4v) is 2.22. The van der Waals surface area contributed by atoms with Crippen molar-refractivity contribution < 1.29 is 88.2 Å². The van der Waals surface area contributed by atoms with E-state index in [2.05, 4.69) is 4.74 Å². The number of ether oxygens (including phenoxy) is 1. The van der Waals surface area contributed by atoms with Gasteiger partial charge in [0.2, 0.25) is 0 Å². The van der Waals surface area contributed by atoms with Gasteiger partial charge in [-0.3, -0.25) is 4.74 Å². The maximum absolute atomic E-state index is 13.4. The molecule has 0 saturated carbocycles. The zero-order valence-electron chi connectivity index (χ0n) is 14.1. The van der Waals surface area contributed by atoms with Crippen molar-refractivity contribution in [3.63, 3.8) is 0 Å². The molecule has 32 heavy (non-hydrogen) atoms. The minimum atomic E-state index is -8.21. The van der Waals surface area contributed by atoms with E-state index in [4.69, 9.17) is 0 Å². The van der Waals surface area contributed by atoms with Gasteiger partial charge in [0, 0.05) is 6.42 Å². The first-order chi connectivity index (χ1) is 13.5. The van der Waals surface area contributed by atoms with Crippen LogP contribution in [0.2, 0.25) is 0 Å². The Hall–Kier alpha value is -1.37. The van der Waals surface area contributed by atoms with E-state index in [1.807, 2.05) is 0 Å². The molecule has 1 aliphatic rings. The van der Waals surface area contributed by atoms with Gasteiger partial charge in [-0.25, -0.2) is 0 Å². The Morgan fingerprint density at radius 3 is 1.19 bits per heavy atom. The summed E-state index contributed by atoms with van der Waals surface area (Å²) in [5, 5.41) is 0. The number of epoxide rings is 1. The zero-order valence-corrected chi connectivity index (χ0v) is 14.1. The van der Waals surface area contributed by atoms with E-state index < -0.39 is 72.7 Å². The molecule has 0 radical (unpaired) electrons. The number of alkyl halides is 19. The second kappa shape index (κ2) is 7.07. The Bertz CT molecular complexity index is 688. The Kier molecular flexibility index (Phi) is 6.33. The van der Waals surface area contributed by atoms with Crippen LogP contribution < -0.4 is 0 Å². The third-order valence-corrected chi connectivity index (χ3v) is 4.18. The average molecular weight is 526 g/mol. The smallest absolute Gasteiger partial charge is 0.265 e. The molecule has 0 aromatic rings. The van der Waals surface area contributed by atoms with E-state index in [-0.39, 0.29) is 0 Å². The Balaban J connectivity index is 3.33. The molecule has 0 aromatic carbocycles. The van der Waals surface area contributed by atoms with Crippen molar-refractivity contribution in [1.82, 2.24) is 0 Å². The molecule has 0 spiro atoms. The van der Waals surface area contributed by atoms with Crippen molar-refractivity contribution in [3.05, 3.63) is 0 Å². The fourth-order valence-electron chi connectivity index (χ4n) is 2.22. The molecule has 1 nitrogen and oxygen atoms in total. The summed E-state index contributed by atoms with van der Waals surface area (Å²) in [6.45, 7) is 0. The van der Waals surface area contributed by atoms with Crippen LogP contribution in [0.4, 0.5) is 83.4 Å². The van der Waals surface area contributed by atoms with Crippen LogP contribution >= 0.6 is 0 Å². The lowest BCUT2D eigenvalue weighted by Gasteiger charge is -2.39. The van der Waals surface area contributed by atoms with Gasteiger partial charge in [-0.15, -0.1) is 0 Å². The van der Waals surface area contributed by atoms with Crippen molar-refractivity contribution in [2.45, 2.75) is 66.8 Å². The van der Waals surface area contributed by atoms with Gasteiger partial charge < -0.3 is 0 Å². The molecule has 0 aliphatic carbocycles. The largest absolute Gasteiger partial charge is 0.424 e. The van der Waals surface area contributed by atoms with E-state index in [0.717, 1.165) is 0 Å². The van der Waals surface area contributed by atoms with Gasteiger partial charge in [0.25, 0.3) is 0 Å². The molecular formula is C12H5F19O. The summed E-state index contributed by atoms with van der Waals surface area (Å²) in [4.78, 5) is 0. The SMILES string of the molecule is FC(F)(F)C(CCC(F)(F)C(F)(F)C(F)(F)C(F)(F)C(F)(F)C1(F)OC1(F)F)C(F)(F)F. The van der Waals surface area contributed by atoms with Crippen LogP contribution in [0.25, 0.3) is 0 Å². The number of rotatable bonds is 8. The minimum Gasteiger partial charge on any atom is -0.265 e. The third-order valence-electron chi connectivity index (χ3n) is 4.18. The maximum atomic E-state index is 13.4. The molecule has 0 amide bonds. The third kappa shape index (κ3) is 3.92. The lowest BCUT2D eigenvalue weighted by atomic mass is 9.88. The van der Waals surface area contributed by atoms with Gasteiger partial charge in [-0.05, 0) is 6.42 Å². The van der Waals surface area contributed by atoms with E-state index in [0.29, 0.717) is 0 Å². The van der Waals surface area contributed by atoms with Crippen LogP contribution in [-0.4, -0.2) is 53.9 Å². The first-order valence-electron chi connectivity index (χ1n) is 7.34. The van der Waals surface area contributed by atoms with Gasteiger partial charge >= 0.3 is 53.9 Å². The average Bonchev–Trinajstić information content (AvgIpc) is 3.03. The van der Waals surface area contributed by atoms with E-state index >= 15 is 0 Å². The molecule has 1 aliphatic heterocycles. The van der Waals surface area contributed by atoms with Crippen molar-refractivity contribution >= 4 is 0 Å². The predicted octanol–water partition coefficient (Wildman–Crippen LogP) is 6.97. The monoisotopic (exact) mass is 526 g/mol. The molecule has 1 saturated heterocycles. The molecule has 1 unspecified atom stereocenters. The van der Waals surface area contributed by atoms with Crippen LogP contribution in [0, 0.1) is 5.92 Å². The summed E-state index contributed by atoms with van der Waals surface area (Å²) in [6, 6.07) is 0. The first-order valence-corrected chi connectivity index (χ1v) is 7.34. The summed E-state index contributed by atoms with van der Waals surface area (Å²) in [7, 11) is 0. The topological polar surface area (TPSA) is 12.5 Å². The van der Waals surface area contributed by atoms with Crippen molar-refractivity contribution in [3.8, 4) is 0 Å². The summed E-state index contributed by atoms with van der Waals surface area (Å²) in [5.41, 5.74) is 0. The van der Waals surface area contributed by atoms with Crippen molar-refractivity contribution in [2.75, 3.05) is 0 Å². The highest BCUT2D eigenvalue weighted by Crippen LogP contribution is 2.68. The standard InChI is InChI=1S/C12H5F19O/c13-4(14,2-1-3(5(15,16)17)6(18,19)20)7(21,22)8(23,24)9(25,26)10(27,28)11(29)12(30,31)32-11/h3H,1-2H2. The molecule has 0 bridgehead atoms. The normalized spacial score (nSPS) is 23.6. The van der Waals surface area contributed by atoms with Crippen LogP contribution in [-0.2, 0) is 4.74 Å². The molecule has 20 heteroatoms. The lowest BCUT2D eigenvalue weighted by Crippen LogP contribution is -2.70. The molecule has 1 fully saturated rings. The second-order valence-electron chi connectivity index (χ2n) is 6.39. The highest BCUT2D eigenvalue weighted by molar-refractivity contribution is 5.17. The Morgan fingerprint density at radius 1 is 0.562 bits per heavy atom. The first kappa shape index (κ1) is 28.7. The molecule has 1 atom stereocenters. The zero-order chi connectivity index (χ0) is 26.2. The lowest BCUT2D eigenvalue weighted by molar-refractivity contribution is -0.416. The van der Waals surface area contributed by atoms with Gasteiger partial charge in [0.1, 0.15) is 0 Å². The van der Waals surface area contributed by atoms with Gasteiger partial charge in [-0.2, -0.15) is 83.4 Å². The fraction of sp³-hybridized carbons (Fsp3) is 1.00. The molecular weight excluding hydrogens is 521 g/mol. The van der Waals surface area contributed by atoms with Gasteiger partial charge in [0.05, 0.1) is 0 Å². The van der Waals surface area contributed by atoms with Crippen LogP contribution in [0.15, 0.2) is 0 Å². The summed E-state index contributed by atoms with van der Waals surface area (Å²) in [5.74, 6) is -50.1. The quantitative estimate of drug-likeness (QED) is 0.246. The summed E-state index contributed by atoms with van der Waals surface area (Å²) in [6.07, 6.45) is -25.7. The van der Waals surface area contributed by atoms with Crippen LogP contribution in [0.1, 0.15) is 12.8 Å². The molecule has 1 rings (SSSR count). The molecule has 0 aromatic heterocycles. The van der Waals surface area contributed by atoms with Crippen molar-refractivity contribution in [2.24, 2.45) is 5.92 Å². The number of halogens is 19. The summed E-state index contributed by atoms with van der Waals surface area (Å²) < 4.78 is 247. The Morgan fingerprint density at radius 2 is 0.906 bits per heavy atom. The van der Waals surface area contributed by atoms with E-state index in [1.54, 1.807) is 0 Å². The highest BCUT2D eigenvalue weighted by atomic mass is 19.4. The maximum Gasteiger partial charge on any atom is 0.424 e. The van der Waals surface area contributed by atoms with Crippen LogP contribution in [0.3, 0.4) is 0 Å². The van der Waals surface area contributed by atoms with E-state index in [1.165, 1.54) is 0 Å². The number of hydrogen-bond acceptors (Lipinski definition) is 1. The number of hydrogen-bond donors (Lipinski definition) is 0. The highest BCUT2D eigenvalue weighted by Gasteiger charge is 2.99. The Labute approximate surface area is 162 Å². The van der Waals surface area contributed by atoms with Crippen molar-refractivity contribution in [1.29, 1.82) is 0 Å². The summed E-state index contributed by atoms with van der Waals surface area (Å²) >= 11 is 0. The van der Waals surface area contributed by atoms with Gasteiger partial charge in [-0.1, -0.05) is 0 Å². The minimum absolute atomic E-state index is 2.14. The molecule has 0 N–H and O–H groups in total. The molecule has 1 heterocycles.